The number of carbonyl (C=O) groups is 1. The molecule has 2 N–H and O–H groups in total. The van der Waals surface area contributed by atoms with Crippen LogP contribution < -0.4 is 5.32 Å². The first-order valence-corrected chi connectivity index (χ1v) is 7.24. The highest BCUT2D eigenvalue weighted by atomic mass is 16.2. The van der Waals surface area contributed by atoms with Gasteiger partial charge in [-0.25, -0.2) is 4.98 Å². The maximum atomic E-state index is 12.3. The second-order valence-corrected chi connectivity index (χ2v) is 6.11. The van der Waals surface area contributed by atoms with Crippen LogP contribution in [-0.2, 0) is 11.8 Å². The third kappa shape index (κ3) is 3.68. The van der Waals surface area contributed by atoms with E-state index in [0.29, 0.717) is 0 Å². The predicted octanol–water partition coefficient (Wildman–Crippen LogP) is 3.31. The number of amides is 1. The van der Waals surface area contributed by atoms with E-state index in [9.17, 15) is 4.79 Å². The predicted molar refractivity (Wildman–Crippen MR) is 83.5 cm³/mol. The van der Waals surface area contributed by atoms with E-state index in [1.165, 1.54) is 0 Å². The molecule has 0 fully saturated rings. The summed E-state index contributed by atoms with van der Waals surface area (Å²) in [6, 6.07) is 7.81. The van der Waals surface area contributed by atoms with Gasteiger partial charge in [-0.2, -0.15) is 0 Å². The molecule has 0 radical (unpaired) electrons. The van der Waals surface area contributed by atoms with E-state index in [2.05, 4.69) is 48.2 Å². The van der Waals surface area contributed by atoms with Crippen LogP contribution in [0.15, 0.2) is 24.3 Å². The number of aryl methyl sites for hydroxylation is 1. The van der Waals surface area contributed by atoms with Gasteiger partial charge in [0.25, 0.3) is 5.91 Å². The fraction of sp³-hybridized carbons (Fsp3) is 0.438. The minimum Gasteiger partial charge on any atom is -0.319 e. The molecule has 0 unspecified atom stereocenters. The van der Waals surface area contributed by atoms with Crippen molar-refractivity contribution < 1.29 is 4.79 Å². The molecule has 0 aliphatic carbocycles. The van der Waals surface area contributed by atoms with E-state index < -0.39 is 0 Å². The van der Waals surface area contributed by atoms with Crippen LogP contribution in [0.5, 0.6) is 0 Å². The molecule has 5 heteroatoms. The van der Waals surface area contributed by atoms with Crippen molar-refractivity contribution in [2.75, 3.05) is 5.32 Å². The van der Waals surface area contributed by atoms with Gasteiger partial charge in [-0.15, -0.1) is 5.10 Å². The first-order valence-electron chi connectivity index (χ1n) is 7.24. The van der Waals surface area contributed by atoms with E-state index >= 15 is 0 Å². The molecule has 5 nitrogen and oxygen atoms in total. The Hall–Kier alpha value is -2.17. The summed E-state index contributed by atoms with van der Waals surface area (Å²) in [5.41, 5.74) is 1.84. The number of para-hydroxylation sites is 1. The number of hydrogen-bond acceptors (Lipinski definition) is 3. The molecule has 1 aromatic heterocycles. The van der Waals surface area contributed by atoms with Gasteiger partial charge < -0.3 is 5.32 Å². The van der Waals surface area contributed by atoms with Gasteiger partial charge in [0, 0.05) is 12.1 Å². The quantitative estimate of drug-likeness (QED) is 0.905. The lowest BCUT2D eigenvalue weighted by molar-refractivity contribution is 0.101. The lowest BCUT2D eigenvalue weighted by atomic mass is 9.86. The molecule has 1 amide bonds. The molecule has 0 saturated carbocycles. The zero-order chi connectivity index (χ0) is 15.5. The molecule has 0 spiro atoms. The summed E-state index contributed by atoms with van der Waals surface area (Å²) in [4.78, 5) is 16.5. The molecule has 21 heavy (non-hydrogen) atoms. The van der Waals surface area contributed by atoms with Crippen LogP contribution >= 0.6 is 0 Å². The molecule has 0 saturated heterocycles. The van der Waals surface area contributed by atoms with Gasteiger partial charge in [0.15, 0.2) is 0 Å². The van der Waals surface area contributed by atoms with Crippen molar-refractivity contribution in [3.05, 3.63) is 41.5 Å². The highest BCUT2D eigenvalue weighted by Gasteiger charge is 2.20. The van der Waals surface area contributed by atoms with Crippen molar-refractivity contribution in [2.45, 2.75) is 46.0 Å². The Balaban J connectivity index is 2.19. The molecule has 0 atom stereocenters. The Labute approximate surface area is 125 Å². The molecule has 2 aromatic rings. The zero-order valence-corrected chi connectivity index (χ0v) is 13.0. The van der Waals surface area contributed by atoms with E-state index in [4.69, 9.17) is 0 Å². The van der Waals surface area contributed by atoms with Gasteiger partial charge >= 0.3 is 0 Å². The summed E-state index contributed by atoms with van der Waals surface area (Å²) in [5.74, 6) is 0.638. The monoisotopic (exact) mass is 286 g/mol. The van der Waals surface area contributed by atoms with Crippen molar-refractivity contribution in [3.8, 4) is 0 Å². The lowest BCUT2D eigenvalue weighted by Crippen LogP contribution is -2.19. The Morgan fingerprint density at radius 2 is 2.00 bits per heavy atom. The summed E-state index contributed by atoms with van der Waals surface area (Å²) in [6.07, 6.45) is 1.75. The van der Waals surface area contributed by atoms with Gasteiger partial charge in [-0.05, 0) is 23.5 Å². The van der Waals surface area contributed by atoms with Crippen molar-refractivity contribution in [2.24, 2.45) is 0 Å². The van der Waals surface area contributed by atoms with E-state index in [-0.39, 0.29) is 17.1 Å². The van der Waals surface area contributed by atoms with Crippen LogP contribution in [0.25, 0.3) is 0 Å². The minimum absolute atomic E-state index is 0.0454. The summed E-state index contributed by atoms with van der Waals surface area (Å²) in [7, 11) is 0. The van der Waals surface area contributed by atoms with Crippen LogP contribution in [0.2, 0.25) is 0 Å². The van der Waals surface area contributed by atoms with Gasteiger partial charge in [0.2, 0.25) is 5.82 Å². The van der Waals surface area contributed by atoms with Crippen molar-refractivity contribution >= 4 is 11.6 Å². The van der Waals surface area contributed by atoms with E-state index in [0.717, 1.165) is 29.9 Å². The number of benzene rings is 1. The van der Waals surface area contributed by atoms with Gasteiger partial charge in [0.1, 0.15) is 5.82 Å². The van der Waals surface area contributed by atoms with Gasteiger partial charge in [-0.1, -0.05) is 45.9 Å². The van der Waals surface area contributed by atoms with Crippen LogP contribution in [0.1, 0.15) is 56.1 Å². The minimum atomic E-state index is -0.287. The third-order valence-electron chi connectivity index (χ3n) is 3.20. The number of anilines is 1. The third-order valence-corrected chi connectivity index (χ3v) is 3.20. The lowest BCUT2D eigenvalue weighted by Gasteiger charge is -2.22. The smallest absolute Gasteiger partial charge is 0.295 e. The number of rotatable bonds is 4. The fourth-order valence-electron chi connectivity index (χ4n) is 2.17. The number of aromatic nitrogens is 3. The van der Waals surface area contributed by atoms with Crippen LogP contribution in [0, 0.1) is 0 Å². The number of aromatic amines is 1. The first-order chi connectivity index (χ1) is 9.91. The van der Waals surface area contributed by atoms with Crippen molar-refractivity contribution in [1.29, 1.82) is 0 Å². The summed E-state index contributed by atoms with van der Waals surface area (Å²) in [6.45, 7) is 8.40. The van der Waals surface area contributed by atoms with E-state index in [1.807, 2.05) is 24.3 Å². The molecule has 0 aliphatic heterocycles. The molecular formula is C16H22N4O. The highest BCUT2D eigenvalue weighted by molar-refractivity contribution is 6.02. The maximum Gasteiger partial charge on any atom is 0.295 e. The molecule has 0 aliphatic rings. The van der Waals surface area contributed by atoms with Crippen LogP contribution in [0.3, 0.4) is 0 Å². The Morgan fingerprint density at radius 1 is 1.29 bits per heavy atom. The average Bonchev–Trinajstić information content (AvgIpc) is 2.87. The largest absolute Gasteiger partial charge is 0.319 e. The Morgan fingerprint density at radius 3 is 2.67 bits per heavy atom. The highest BCUT2D eigenvalue weighted by Crippen LogP contribution is 2.29. The first kappa shape index (κ1) is 15.2. The summed E-state index contributed by atoms with van der Waals surface area (Å²) >= 11 is 0. The van der Waals surface area contributed by atoms with E-state index in [1.54, 1.807) is 0 Å². The molecule has 0 bridgehead atoms. The maximum absolute atomic E-state index is 12.3. The Kier molecular flexibility index (Phi) is 4.40. The summed E-state index contributed by atoms with van der Waals surface area (Å²) in [5, 5.41) is 9.68. The van der Waals surface area contributed by atoms with Crippen molar-refractivity contribution in [3.63, 3.8) is 0 Å². The van der Waals surface area contributed by atoms with Crippen molar-refractivity contribution in [1.82, 2.24) is 15.2 Å². The topological polar surface area (TPSA) is 70.7 Å². The summed E-state index contributed by atoms with van der Waals surface area (Å²) < 4.78 is 0. The standard InChI is InChI=1S/C16H22N4O/c1-5-8-13-18-14(20-19-13)15(21)17-12-10-7-6-9-11(12)16(2,3)4/h6-7,9-10H,5,8H2,1-4H3,(H,17,21)(H,18,19,20). The molecule has 1 heterocycles. The second kappa shape index (κ2) is 6.08. The normalized spacial score (nSPS) is 11.4. The second-order valence-electron chi connectivity index (χ2n) is 6.11. The molecular weight excluding hydrogens is 264 g/mol. The molecule has 1 aromatic carbocycles. The zero-order valence-electron chi connectivity index (χ0n) is 13.0. The number of H-pyrrole nitrogens is 1. The molecule has 2 rings (SSSR count). The number of nitrogens with one attached hydrogen (secondary N) is 2. The SMILES string of the molecule is CCCc1nc(C(=O)Nc2ccccc2C(C)(C)C)n[nH]1. The number of carbonyl (C=O) groups excluding carboxylic acids is 1. The van der Waals surface area contributed by atoms with Crippen LogP contribution in [-0.4, -0.2) is 21.1 Å². The van der Waals surface area contributed by atoms with Gasteiger partial charge in [0.05, 0.1) is 0 Å². The van der Waals surface area contributed by atoms with Crippen LogP contribution in [0.4, 0.5) is 5.69 Å². The number of nitrogens with zero attached hydrogens (tertiary/aromatic N) is 2. The van der Waals surface area contributed by atoms with Gasteiger partial charge in [-0.3, -0.25) is 9.89 Å². The fourth-order valence-corrected chi connectivity index (χ4v) is 2.17. The Bertz CT molecular complexity index is 625. The molecule has 112 valence electrons. The average molecular weight is 286 g/mol. The number of hydrogen-bond donors (Lipinski definition) is 2.